The minimum atomic E-state index is -4.67. The predicted octanol–water partition coefficient (Wildman–Crippen LogP) is 1.73. The Balaban J connectivity index is 0. The number of esters is 1. The molecular formula is C19H35NO8S. The maximum Gasteiger partial charge on any atom is 0.394 e. The van der Waals surface area contributed by atoms with Gasteiger partial charge in [0, 0.05) is 12.1 Å². The van der Waals surface area contributed by atoms with E-state index in [0.717, 1.165) is 18.4 Å². The minimum absolute atomic E-state index is 0. The molecule has 0 spiro atoms. The summed E-state index contributed by atoms with van der Waals surface area (Å²) in [6, 6.07) is 10.5. The highest BCUT2D eigenvalue weighted by Crippen LogP contribution is 2.36. The Morgan fingerprint density at radius 2 is 1.59 bits per heavy atom. The molecule has 0 amide bonds. The lowest BCUT2D eigenvalue weighted by molar-refractivity contribution is -0.155. The van der Waals surface area contributed by atoms with Crippen LogP contribution in [-0.4, -0.2) is 70.8 Å². The van der Waals surface area contributed by atoms with Crippen LogP contribution < -0.4 is 0 Å². The molecule has 2 aliphatic heterocycles. The van der Waals surface area contributed by atoms with E-state index in [4.69, 9.17) is 22.3 Å². The fraction of sp³-hybridized carbons (Fsp3) is 0.632. The van der Waals surface area contributed by atoms with Gasteiger partial charge in [0.15, 0.2) is 0 Å². The van der Waals surface area contributed by atoms with Crippen molar-refractivity contribution in [2.75, 3.05) is 13.7 Å². The second-order valence-electron chi connectivity index (χ2n) is 6.67. The molecule has 2 unspecified atom stereocenters. The summed E-state index contributed by atoms with van der Waals surface area (Å²) in [5, 5.41) is 9.53. The molecule has 2 aliphatic rings. The summed E-state index contributed by atoms with van der Waals surface area (Å²) in [6.45, 7) is -0.206. The Labute approximate surface area is 173 Å². The maximum atomic E-state index is 12.4. The molecule has 0 radical (unpaired) electrons. The van der Waals surface area contributed by atoms with Gasteiger partial charge in [0.25, 0.3) is 0 Å². The topological polar surface area (TPSA) is 156 Å². The van der Waals surface area contributed by atoms with E-state index >= 15 is 0 Å². The zero-order valence-corrected chi connectivity index (χ0v) is 15.9. The second-order valence-corrected chi connectivity index (χ2v) is 7.57. The lowest BCUT2D eigenvalue weighted by atomic mass is 9.98. The second kappa shape index (κ2) is 12.9. The average molecular weight is 438 g/mol. The van der Waals surface area contributed by atoms with E-state index in [0.29, 0.717) is 12.1 Å². The number of fused-ring (bicyclic) bond motifs is 2. The number of carbonyl (C=O) groups is 1. The van der Waals surface area contributed by atoms with Crippen LogP contribution in [0.15, 0.2) is 30.3 Å². The van der Waals surface area contributed by atoms with Crippen LogP contribution in [0.25, 0.3) is 0 Å². The number of aliphatic hydroxyl groups is 1. The van der Waals surface area contributed by atoms with Crippen LogP contribution in [-0.2, 0) is 19.9 Å². The van der Waals surface area contributed by atoms with Crippen molar-refractivity contribution in [3.8, 4) is 0 Å². The van der Waals surface area contributed by atoms with Gasteiger partial charge in [-0.25, -0.2) is 0 Å². The summed E-state index contributed by atoms with van der Waals surface area (Å²) in [6.07, 6.45) is 4.26. The summed E-state index contributed by atoms with van der Waals surface area (Å²) in [4.78, 5) is 14.8. The third-order valence-electron chi connectivity index (χ3n) is 5.01. The van der Waals surface area contributed by atoms with Crippen LogP contribution in [0.1, 0.15) is 52.0 Å². The third kappa shape index (κ3) is 9.20. The molecule has 3 rings (SSSR count). The normalized spacial score (nSPS) is 23.8. The van der Waals surface area contributed by atoms with Gasteiger partial charge in [-0.2, -0.15) is 8.42 Å². The average Bonchev–Trinajstić information content (AvgIpc) is 2.77. The van der Waals surface area contributed by atoms with E-state index < -0.39 is 16.3 Å². The number of hydrogen-bond donors (Lipinski definition) is 3. The maximum absolute atomic E-state index is 12.4. The van der Waals surface area contributed by atoms with Gasteiger partial charge < -0.3 is 20.2 Å². The van der Waals surface area contributed by atoms with Crippen molar-refractivity contribution in [1.82, 2.24) is 4.90 Å². The first-order valence-electron chi connectivity index (χ1n) is 8.47. The van der Waals surface area contributed by atoms with Crippen molar-refractivity contribution in [2.24, 2.45) is 0 Å². The summed E-state index contributed by atoms with van der Waals surface area (Å²) < 4.78 is 37.3. The first-order valence-corrected chi connectivity index (χ1v) is 9.87. The number of carbonyl (C=O) groups excluding carboxylic acids is 1. The molecule has 2 saturated heterocycles. The Morgan fingerprint density at radius 1 is 1.14 bits per heavy atom. The molecular weight excluding hydrogens is 402 g/mol. The Hall–Kier alpha value is -1.56. The summed E-state index contributed by atoms with van der Waals surface area (Å²) in [5.74, 6) is -0.860. The lowest BCUT2D eigenvalue weighted by Crippen LogP contribution is -2.43. The zero-order chi connectivity index (χ0) is 19.3. The monoisotopic (exact) mass is 437 g/mol. The van der Waals surface area contributed by atoms with E-state index in [-0.39, 0.29) is 39.0 Å². The van der Waals surface area contributed by atoms with E-state index in [1.165, 1.54) is 12.8 Å². The predicted molar refractivity (Wildman–Crippen MR) is 111 cm³/mol. The number of benzene rings is 1. The van der Waals surface area contributed by atoms with E-state index in [1.807, 2.05) is 30.3 Å². The van der Waals surface area contributed by atoms with Crippen LogP contribution in [0.4, 0.5) is 0 Å². The fourth-order valence-corrected chi connectivity index (χ4v) is 3.71. The Kier molecular flexibility index (Phi) is 13.2. The molecule has 9 nitrogen and oxygen atoms in total. The number of piperidine rings is 1. The van der Waals surface area contributed by atoms with E-state index in [2.05, 4.69) is 11.9 Å². The van der Waals surface area contributed by atoms with Crippen molar-refractivity contribution in [2.45, 2.75) is 64.6 Å². The number of rotatable bonds is 4. The van der Waals surface area contributed by atoms with Crippen LogP contribution >= 0.6 is 0 Å². The number of aliphatic hydroxyl groups excluding tert-OH is 1. The largest absolute Gasteiger partial charge is 0.462 e. The van der Waals surface area contributed by atoms with E-state index in [9.17, 15) is 9.90 Å². The van der Waals surface area contributed by atoms with Gasteiger partial charge in [-0.3, -0.25) is 13.9 Å². The van der Waals surface area contributed by atoms with Crippen molar-refractivity contribution in [1.29, 1.82) is 0 Å². The molecule has 10 heteroatoms. The van der Waals surface area contributed by atoms with Gasteiger partial charge in [-0.1, -0.05) is 45.2 Å². The Bertz CT molecular complexity index is 675. The molecule has 0 saturated carbocycles. The molecule has 0 aliphatic carbocycles. The van der Waals surface area contributed by atoms with Crippen LogP contribution in [0.3, 0.4) is 0 Å². The van der Waals surface area contributed by atoms with E-state index in [1.54, 1.807) is 0 Å². The van der Waals surface area contributed by atoms with Crippen molar-refractivity contribution in [3.63, 3.8) is 0 Å². The van der Waals surface area contributed by atoms with Crippen LogP contribution in [0.5, 0.6) is 0 Å². The number of nitrogens with zero attached hydrogens (tertiary/aromatic N) is 1. The quantitative estimate of drug-likeness (QED) is 0.475. The molecule has 1 aromatic rings. The summed E-state index contributed by atoms with van der Waals surface area (Å²) in [5.41, 5.74) is 0.820. The van der Waals surface area contributed by atoms with Gasteiger partial charge in [0.2, 0.25) is 0 Å². The number of ether oxygens (including phenoxy) is 1. The highest BCUT2D eigenvalue weighted by atomic mass is 32.3. The fourth-order valence-electron chi connectivity index (χ4n) is 3.71. The van der Waals surface area contributed by atoms with Crippen LogP contribution in [0, 0.1) is 0 Å². The molecule has 0 aromatic heterocycles. The summed E-state index contributed by atoms with van der Waals surface area (Å²) in [7, 11) is -2.50. The SMILES string of the molecule is C.C.CN1[C@@H]2CC[C@H]1CC(OC(=O)C(CO)c1ccccc1)C2.O.O=S(=O)(O)O. The van der Waals surface area contributed by atoms with Gasteiger partial charge in [-0.05, 0) is 38.3 Å². The number of hydrogen-bond acceptors (Lipinski definition) is 6. The third-order valence-corrected chi connectivity index (χ3v) is 5.01. The van der Waals surface area contributed by atoms with Gasteiger partial charge in [0.05, 0.1) is 6.61 Å². The molecule has 4 atom stereocenters. The van der Waals surface area contributed by atoms with Crippen LogP contribution in [0.2, 0.25) is 0 Å². The molecule has 2 fully saturated rings. The first-order chi connectivity index (χ1) is 12.2. The molecule has 2 bridgehead atoms. The molecule has 29 heavy (non-hydrogen) atoms. The van der Waals surface area contributed by atoms with Crippen molar-refractivity contribution in [3.05, 3.63) is 35.9 Å². The van der Waals surface area contributed by atoms with Gasteiger partial charge in [-0.15, -0.1) is 0 Å². The molecule has 5 N–H and O–H groups in total. The highest BCUT2D eigenvalue weighted by Gasteiger charge is 2.40. The molecule has 170 valence electrons. The minimum Gasteiger partial charge on any atom is -0.462 e. The van der Waals surface area contributed by atoms with Gasteiger partial charge in [0.1, 0.15) is 12.0 Å². The van der Waals surface area contributed by atoms with Crippen molar-refractivity contribution < 1.29 is 37.6 Å². The lowest BCUT2D eigenvalue weighted by Gasteiger charge is -2.36. The van der Waals surface area contributed by atoms with Gasteiger partial charge >= 0.3 is 16.4 Å². The highest BCUT2D eigenvalue weighted by molar-refractivity contribution is 7.79. The molecule has 1 aromatic carbocycles. The zero-order valence-electron chi connectivity index (χ0n) is 15.1. The standard InChI is InChI=1S/C17H23NO3.2CH4.H2O4S.H2O/c1-18-13-7-8-14(18)10-15(9-13)21-17(20)16(11-19)12-5-3-2-4-6-12;;;1-5(2,3)4;/h2-6,13-16,19H,7-11H2,1H3;2*1H4;(H2,1,2,3,4);1H2/t13-,14+,15?,16?;;;;. The first kappa shape index (κ1) is 29.6. The summed E-state index contributed by atoms with van der Waals surface area (Å²) >= 11 is 0. The molecule has 2 heterocycles. The smallest absolute Gasteiger partial charge is 0.394 e. The Morgan fingerprint density at radius 3 is 2.00 bits per heavy atom. The van der Waals surface area contributed by atoms with Crippen molar-refractivity contribution >= 4 is 16.4 Å².